The molecule has 0 saturated carbocycles. The second kappa shape index (κ2) is 6.75. The largest absolute Gasteiger partial charge is 0.493 e. The smallest absolute Gasteiger partial charge is 0.244 e. The molecule has 0 radical (unpaired) electrons. The number of methoxy groups -OCH3 is 3. The highest BCUT2D eigenvalue weighted by Gasteiger charge is 2.35. The minimum absolute atomic E-state index is 0.0326. The second-order valence-corrected chi connectivity index (χ2v) is 5.39. The Kier molecular flexibility index (Phi) is 4.50. The number of hydrogen-bond acceptors (Lipinski definition) is 7. The number of nitrogens with zero attached hydrogens (tertiary/aromatic N) is 2. The van der Waals surface area contributed by atoms with Gasteiger partial charge in [-0.05, 0) is 17.7 Å². The first-order chi connectivity index (χ1) is 12.1. The molecule has 0 unspecified atom stereocenters. The molecule has 0 aliphatic carbocycles. The molecule has 0 amide bonds. The number of nitrogens with two attached hydrogens (primary N) is 1. The quantitative estimate of drug-likeness (QED) is 0.851. The van der Waals surface area contributed by atoms with Crippen molar-refractivity contribution < 1.29 is 18.9 Å². The second-order valence-electron chi connectivity index (χ2n) is 5.39. The van der Waals surface area contributed by atoms with Crippen LogP contribution in [0.25, 0.3) is 0 Å². The normalized spacial score (nSPS) is 16.0. The fourth-order valence-electron chi connectivity index (χ4n) is 2.93. The monoisotopic (exact) mass is 342 g/mol. The van der Waals surface area contributed by atoms with Gasteiger partial charge < -0.3 is 24.7 Å². The molecule has 1 aromatic heterocycles. The lowest BCUT2D eigenvalue weighted by molar-refractivity contribution is 0.180. The predicted molar refractivity (Wildman–Crippen MR) is 88.1 cm³/mol. The Labute approximate surface area is 144 Å². The van der Waals surface area contributed by atoms with E-state index in [-0.39, 0.29) is 5.88 Å². The summed E-state index contributed by atoms with van der Waals surface area (Å²) in [5.74, 6) is 1.07. The molecule has 0 spiro atoms. The highest BCUT2D eigenvalue weighted by molar-refractivity contribution is 5.57. The molecule has 1 aromatic carbocycles. The van der Waals surface area contributed by atoms with Crippen LogP contribution >= 0.6 is 0 Å². The number of benzene rings is 1. The average molecular weight is 342 g/mol. The van der Waals surface area contributed by atoms with E-state index in [1.54, 1.807) is 27.4 Å². The van der Waals surface area contributed by atoms with E-state index in [0.29, 0.717) is 29.6 Å². The van der Waals surface area contributed by atoms with Gasteiger partial charge in [0.25, 0.3) is 0 Å². The Hall–Kier alpha value is -3.18. The summed E-state index contributed by atoms with van der Waals surface area (Å²) >= 11 is 0. The average Bonchev–Trinajstić information content (AvgIpc) is 3.02. The van der Waals surface area contributed by atoms with Crippen LogP contribution in [0.1, 0.15) is 22.7 Å². The molecular formula is C17H18N4O4. The van der Waals surface area contributed by atoms with Crippen LogP contribution in [0.3, 0.4) is 0 Å². The molecule has 0 saturated heterocycles. The fourth-order valence-corrected chi connectivity index (χ4v) is 2.93. The fraction of sp³-hybridized carbons (Fsp3) is 0.294. The molecule has 1 atom stereocenters. The molecule has 1 aliphatic heterocycles. The molecule has 25 heavy (non-hydrogen) atoms. The zero-order chi connectivity index (χ0) is 18.0. The van der Waals surface area contributed by atoms with Crippen molar-refractivity contribution in [3.05, 3.63) is 46.5 Å². The molecular weight excluding hydrogens is 324 g/mol. The number of fused-ring (bicyclic) bond motifs is 1. The number of nitrogens with one attached hydrogen (secondary N) is 1. The number of aromatic amines is 1. The predicted octanol–water partition coefficient (Wildman–Crippen LogP) is 1.79. The van der Waals surface area contributed by atoms with Crippen LogP contribution in [-0.2, 0) is 11.3 Å². The van der Waals surface area contributed by atoms with Gasteiger partial charge in [0.05, 0.1) is 38.0 Å². The zero-order valence-corrected chi connectivity index (χ0v) is 14.1. The number of allylic oxidation sites excluding steroid dienone is 1. The van der Waals surface area contributed by atoms with Crippen LogP contribution in [0.15, 0.2) is 29.7 Å². The van der Waals surface area contributed by atoms with E-state index in [9.17, 15) is 5.26 Å². The SMILES string of the molecule is COCc1[nH]nc2c1[C@H](c1ccc(OC)c(OC)c1)C(C#N)=C(N)O2. The van der Waals surface area contributed by atoms with Gasteiger partial charge in [-0.15, -0.1) is 5.10 Å². The molecule has 2 aromatic rings. The lowest BCUT2D eigenvalue weighted by Gasteiger charge is -2.24. The van der Waals surface area contributed by atoms with Gasteiger partial charge in [0.1, 0.15) is 11.6 Å². The number of hydrogen-bond donors (Lipinski definition) is 2. The van der Waals surface area contributed by atoms with Crippen molar-refractivity contribution in [2.45, 2.75) is 12.5 Å². The van der Waals surface area contributed by atoms with Crippen LogP contribution < -0.4 is 19.9 Å². The maximum absolute atomic E-state index is 9.62. The molecule has 8 heteroatoms. The third-order valence-electron chi connectivity index (χ3n) is 4.05. The minimum atomic E-state index is -0.447. The minimum Gasteiger partial charge on any atom is -0.493 e. The van der Waals surface area contributed by atoms with E-state index in [0.717, 1.165) is 16.8 Å². The third kappa shape index (κ3) is 2.75. The van der Waals surface area contributed by atoms with Gasteiger partial charge in [-0.25, -0.2) is 0 Å². The summed E-state index contributed by atoms with van der Waals surface area (Å²) in [6, 6.07) is 7.59. The molecule has 8 nitrogen and oxygen atoms in total. The number of rotatable bonds is 5. The van der Waals surface area contributed by atoms with Gasteiger partial charge in [-0.3, -0.25) is 5.10 Å². The third-order valence-corrected chi connectivity index (χ3v) is 4.05. The standard InChI is InChI=1S/C17H18N4O4/c1-22-8-11-15-14(9-4-5-12(23-2)13(6-9)24-3)10(7-18)16(19)25-17(15)21-20-11/h4-6,14H,8,19H2,1-3H3,(H,20,21)/t14-/m1/s1. The Morgan fingerprint density at radius 2 is 2.04 bits per heavy atom. The number of aromatic nitrogens is 2. The summed E-state index contributed by atoms with van der Waals surface area (Å²) in [6.45, 7) is 0.300. The first-order valence-corrected chi connectivity index (χ1v) is 7.50. The van der Waals surface area contributed by atoms with E-state index in [1.807, 2.05) is 12.1 Å². The summed E-state index contributed by atoms with van der Waals surface area (Å²) in [5, 5.41) is 16.6. The zero-order valence-electron chi connectivity index (χ0n) is 14.1. The van der Waals surface area contributed by atoms with Crippen LogP contribution in [0.5, 0.6) is 17.4 Å². The van der Waals surface area contributed by atoms with Gasteiger partial charge in [-0.2, -0.15) is 5.26 Å². The Bertz CT molecular complexity index is 866. The first kappa shape index (κ1) is 16.7. The number of ether oxygens (including phenoxy) is 4. The van der Waals surface area contributed by atoms with Crippen LogP contribution in [0.4, 0.5) is 0 Å². The van der Waals surface area contributed by atoms with Gasteiger partial charge in [0, 0.05) is 7.11 Å². The van der Waals surface area contributed by atoms with Crippen molar-refractivity contribution in [3.63, 3.8) is 0 Å². The van der Waals surface area contributed by atoms with Gasteiger partial charge in [0.15, 0.2) is 11.5 Å². The molecule has 3 N–H and O–H groups in total. The molecule has 130 valence electrons. The Balaban J connectivity index is 2.19. The highest BCUT2D eigenvalue weighted by Crippen LogP contribution is 2.44. The van der Waals surface area contributed by atoms with Crippen molar-refractivity contribution in [2.24, 2.45) is 5.73 Å². The van der Waals surface area contributed by atoms with E-state index >= 15 is 0 Å². The summed E-state index contributed by atoms with van der Waals surface area (Å²) in [5.41, 5.74) is 8.49. The molecule has 3 rings (SSSR count). The van der Waals surface area contributed by atoms with E-state index < -0.39 is 5.92 Å². The van der Waals surface area contributed by atoms with Crippen molar-refractivity contribution in [1.29, 1.82) is 5.26 Å². The summed E-state index contributed by atoms with van der Waals surface area (Å²) in [6.07, 6.45) is 0. The van der Waals surface area contributed by atoms with Gasteiger partial charge in [-0.1, -0.05) is 6.07 Å². The topological polar surface area (TPSA) is 115 Å². The van der Waals surface area contributed by atoms with Crippen molar-refractivity contribution >= 4 is 0 Å². The van der Waals surface area contributed by atoms with Crippen LogP contribution in [0, 0.1) is 11.3 Å². The lowest BCUT2D eigenvalue weighted by atomic mass is 9.84. The molecule has 2 heterocycles. The summed E-state index contributed by atoms with van der Waals surface area (Å²) < 4.78 is 21.4. The van der Waals surface area contributed by atoms with Gasteiger partial charge >= 0.3 is 0 Å². The highest BCUT2D eigenvalue weighted by atomic mass is 16.5. The van der Waals surface area contributed by atoms with Crippen molar-refractivity contribution in [3.8, 4) is 23.4 Å². The maximum atomic E-state index is 9.62. The Morgan fingerprint density at radius 1 is 1.28 bits per heavy atom. The number of nitriles is 1. The van der Waals surface area contributed by atoms with Gasteiger partial charge in [0.2, 0.25) is 11.8 Å². The molecule has 0 fully saturated rings. The van der Waals surface area contributed by atoms with Crippen molar-refractivity contribution in [1.82, 2.24) is 10.2 Å². The van der Waals surface area contributed by atoms with E-state index in [2.05, 4.69) is 16.3 Å². The lowest BCUT2D eigenvalue weighted by Crippen LogP contribution is -2.21. The maximum Gasteiger partial charge on any atom is 0.244 e. The molecule has 0 bridgehead atoms. The van der Waals surface area contributed by atoms with Crippen molar-refractivity contribution in [2.75, 3.05) is 21.3 Å². The Morgan fingerprint density at radius 3 is 2.68 bits per heavy atom. The molecule has 1 aliphatic rings. The van der Waals surface area contributed by atoms with E-state index in [1.165, 1.54) is 0 Å². The van der Waals surface area contributed by atoms with E-state index in [4.69, 9.17) is 24.7 Å². The first-order valence-electron chi connectivity index (χ1n) is 7.50. The number of H-pyrrole nitrogens is 1. The van der Waals surface area contributed by atoms with Crippen LogP contribution in [0.2, 0.25) is 0 Å². The van der Waals surface area contributed by atoms with Crippen LogP contribution in [-0.4, -0.2) is 31.5 Å². The summed E-state index contributed by atoms with van der Waals surface area (Å²) in [7, 11) is 4.70. The summed E-state index contributed by atoms with van der Waals surface area (Å²) in [4.78, 5) is 0.